The van der Waals surface area contributed by atoms with Crippen molar-refractivity contribution in [3.63, 3.8) is 0 Å². The Morgan fingerprint density at radius 1 is 1.11 bits per heavy atom. The van der Waals surface area contributed by atoms with Crippen LogP contribution < -0.4 is 9.47 Å². The van der Waals surface area contributed by atoms with Crippen LogP contribution in [0.1, 0.15) is 79.3 Å². The zero-order valence-electron chi connectivity index (χ0n) is 24.9. The Labute approximate surface area is 229 Å². The van der Waals surface area contributed by atoms with Crippen molar-refractivity contribution in [2.24, 2.45) is 23.7 Å². The van der Waals surface area contributed by atoms with E-state index in [-0.39, 0.29) is 36.3 Å². The van der Waals surface area contributed by atoms with Crippen molar-refractivity contribution in [1.82, 2.24) is 4.90 Å². The highest BCUT2D eigenvalue weighted by atomic mass is 16.6. The molecule has 1 aliphatic rings. The van der Waals surface area contributed by atoms with Gasteiger partial charge in [-0.25, -0.2) is 4.79 Å². The maximum absolute atomic E-state index is 13.7. The molecule has 0 unspecified atom stereocenters. The van der Waals surface area contributed by atoms with Crippen LogP contribution in [0, 0.1) is 23.7 Å². The molecular formula is C30H51NO7. The Kier molecular flexibility index (Phi) is 12.2. The number of methoxy groups -OCH3 is 2. The fourth-order valence-electron chi connectivity index (χ4n) is 5.28. The number of aliphatic hydroxyl groups is 2. The Bertz CT molecular complexity index is 867. The van der Waals surface area contributed by atoms with Gasteiger partial charge in [0.15, 0.2) is 11.5 Å². The van der Waals surface area contributed by atoms with Gasteiger partial charge in [-0.05, 0) is 75.0 Å². The number of hydrogen-bond donors (Lipinski definition) is 2. The van der Waals surface area contributed by atoms with E-state index >= 15 is 0 Å². The molecule has 1 aliphatic heterocycles. The summed E-state index contributed by atoms with van der Waals surface area (Å²) in [6.07, 6.45) is 0.540. The van der Waals surface area contributed by atoms with Gasteiger partial charge in [0, 0.05) is 26.7 Å². The van der Waals surface area contributed by atoms with Crippen molar-refractivity contribution in [2.75, 3.05) is 34.0 Å². The van der Waals surface area contributed by atoms with Gasteiger partial charge in [-0.2, -0.15) is 0 Å². The molecular weight excluding hydrogens is 486 g/mol. The standard InChI is InChI=1S/C30H51NO7/c1-19(2)22(18-32)15-25(33)24-17-23(20(3)4)28(31(24)29(34)38-30(5,6)7)21-11-12-26(36-9)27(16-21)37-14-10-13-35-8/h11-12,16,19-20,22-25,28,32-33H,10,13-15,17-18H2,1-9H3/t22-,23+,24+,25+,28+/m1/s1. The van der Waals surface area contributed by atoms with Gasteiger partial charge in [0.2, 0.25) is 0 Å². The number of amides is 1. The zero-order valence-corrected chi connectivity index (χ0v) is 24.9. The third-order valence-electron chi connectivity index (χ3n) is 7.48. The lowest BCUT2D eigenvalue weighted by Crippen LogP contribution is -2.47. The van der Waals surface area contributed by atoms with Crippen molar-refractivity contribution in [2.45, 2.75) is 91.5 Å². The maximum Gasteiger partial charge on any atom is 0.411 e. The molecule has 0 saturated carbocycles. The van der Waals surface area contributed by atoms with Crippen LogP contribution in [-0.2, 0) is 9.47 Å². The Hall–Kier alpha value is -2.03. The number of carbonyl (C=O) groups excluding carboxylic acids is 1. The van der Waals surface area contributed by atoms with Crippen molar-refractivity contribution >= 4 is 6.09 Å². The van der Waals surface area contributed by atoms with E-state index in [2.05, 4.69) is 13.8 Å². The zero-order chi connectivity index (χ0) is 28.6. The topological polar surface area (TPSA) is 97.7 Å². The van der Waals surface area contributed by atoms with Crippen LogP contribution in [0.3, 0.4) is 0 Å². The minimum absolute atomic E-state index is 0.00677. The van der Waals surface area contributed by atoms with Gasteiger partial charge in [0.25, 0.3) is 0 Å². The van der Waals surface area contributed by atoms with Crippen LogP contribution in [0.4, 0.5) is 4.79 Å². The highest BCUT2D eigenvalue weighted by molar-refractivity contribution is 5.70. The van der Waals surface area contributed by atoms with Crippen LogP contribution in [-0.4, -0.2) is 73.0 Å². The van der Waals surface area contributed by atoms with E-state index in [1.165, 1.54) is 0 Å². The number of carbonyl (C=O) groups is 1. The van der Waals surface area contributed by atoms with Gasteiger partial charge < -0.3 is 29.2 Å². The lowest BCUT2D eigenvalue weighted by molar-refractivity contribution is -0.0134. The van der Waals surface area contributed by atoms with Gasteiger partial charge in [-0.1, -0.05) is 33.8 Å². The van der Waals surface area contributed by atoms with Crippen LogP contribution in [0.2, 0.25) is 0 Å². The first-order valence-corrected chi connectivity index (χ1v) is 13.9. The van der Waals surface area contributed by atoms with E-state index in [9.17, 15) is 15.0 Å². The highest BCUT2D eigenvalue weighted by Gasteiger charge is 2.50. The minimum Gasteiger partial charge on any atom is -0.493 e. The molecule has 1 aromatic carbocycles. The van der Waals surface area contributed by atoms with Crippen molar-refractivity contribution in [3.05, 3.63) is 23.8 Å². The lowest BCUT2D eigenvalue weighted by Gasteiger charge is -2.37. The van der Waals surface area contributed by atoms with Gasteiger partial charge >= 0.3 is 6.09 Å². The summed E-state index contributed by atoms with van der Waals surface area (Å²) in [5.74, 6) is 1.71. The van der Waals surface area contributed by atoms with E-state index < -0.39 is 23.8 Å². The second-order valence-corrected chi connectivity index (χ2v) is 12.1. The number of hydrogen-bond acceptors (Lipinski definition) is 7. The molecule has 1 amide bonds. The number of nitrogens with zero attached hydrogens (tertiary/aromatic N) is 1. The molecule has 0 aliphatic carbocycles. The lowest BCUT2D eigenvalue weighted by atomic mass is 9.83. The molecule has 38 heavy (non-hydrogen) atoms. The smallest absolute Gasteiger partial charge is 0.411 e. The number of benzene rings is 1. The molecule has 0 spiro atoms. The third kappa shape index (κ3) is 8.48. The van der Waals surface area contributed by atoms with Gasteiger partial charge in [-0.3, -0.25) is 4.90 Å². The molecule has 0 bridgehead atoms. The summed E-state index contributed by atoms with van der Waals surface area (Å²) < 4.78 is 22.6. The van der Waals surface area contributed by atoms with E-state index in [0.717, 1.165) is 12.0 Å². The number of rotatable bonds is 13. The van der Waals surface area contributed by atoms with Crippen LogP contribution in [0.5, 0.6) is 11.5 Å². The number of ether oxygens (including phenoxy) is 4. The summed E-state index contributed by atoms with van der Waals surface area (Å²) in [7, 11) is 3.27. The van der Waals surface area contributed by atoms with Crippen molar-refractivity contribution in [3.8, 4) is 11.5 Å². The summed E-state index contributed by atoms with van der Waals surface area (Å²) in [5, 5.41) is 21.4. The van der Waals surface area contributed by atoms with Crippen LogP contribution in [0.15, 0.2) is 18.2 Å². The molecule has 1 aromatic rings. The van der Waals surface area contributed by atoms with Crippen LogP contribution in [0.25, 0.3) is 0 Å². The summed E-state index contributed by atoms with van der Waals surface area (Å²) in [5.41, 5.74) is 0.225. The molecule has 5 atom stereocenters. The molecule has 0 radical (unpaired) electrons. The fraction of sp³-hybridized carbons (Fsp3) is 0.767. The van der Waals surface area contributed by atoms with Crippen molar-refractivity contribution in [1.29, 1.82) is 0 Å². The quantitative estimate of drug-likeness (QED) is 0.323. The van der Waals surface area contributed by atoms with E-state index in [4.69, 9.17) is 18.9 Å². The third-order valence-corrected chi connectivity index (χ3v) is 7.48. The monoisotopic (exact) mass is 537 g/mol. The first kappa shape index (κ1) is 32.2. The Balaban J connectivity index is 2.53. The predicted molar refractivity (Wildman–Crippen MR) is 149 cm³/mol. The fourth-order valence-corrected chi connectivity index (χ4v) is 5.28. The maximum atomic E-state index is 13.7. The van der Waals surface area contributed by atoms with Crippen LogP contribution >= 0.6 is 0 Å². The molecule has 2 N–H and O–H groups in total. The Morgan fingerprint density at radius 2 is 1.79 bits per heavy atom. The summed E-state index contributed by atoms with van der Waals surface area (Å²) in [6, 6.07) is 5.03. The molecule has 218 valence electrons. The van der Waals surface area contributed by atoms with Gasteiger partial charge in [0.05, 0.1) is 31.9 Å². The molecule has 1 saturated heterocycles. The van der Waals surface area contributed by atoms with E-state index in [1.54, 1.807) is 19.1 Å². The molecule has 1 fully saturated rings. The first-order valence-electron chi connectivity index (χ1n) is 13.9. The van der Waals surface area contributed by atoms with Gasteiger partial charge in [0.1, 0.15) is 5.60 Å². The first-order chi connectivity index (χ1) is 17.8. The normalized spacial score (nSPS) is 21.6. The largest absolute Gasteiger partial charge is 0.493 e. The molecule has 8 heteroatoms. The summed E-state index contributed by atoms with van der Waals surface area (Å²) in [4.78, 5) is 15.5. The van der Waals surface area contributed by atoms with E-state index in [0.29, 0.717) is 37.6 Å². The molecule has 0 aromatic heterocycles. The second-order valence-electron chi connectivity index (χ2n) is 12.1. The average Bonchev–Trinajstić information content (AvgIpc) is 3.25. The van der Waals surface area contributed by atoms with Gasteiger partial charge in [-0.15, -0.1) is 0 Å². The Morgan fingerprint density at radius 3 is 2.32 bits per heavy atom. The molecule has 2 rings (SSSR count). The molecule has 1 heterocycles. The SMILES string of the molecule is COCCCOc1cc([C@H]2[C@H](C(C)C)C[C@@H]([C@@H](O)C[C@H](CO)C(C)C)N2C(=O)OC(C)(C)C)ccc1OC. The average molecular weight is 538 g/mol. The second kappa shape index (κ2) is 14.4. The van der Waals surface area contributed by atoms with E-state index in [1.807, 2.05) is 52.8 Å². The molecule has 8 nitrogen and oxygen atoms in total. The summed E-state index contributed by atoms with van der Waals surface area (Å²) in [6.45, 7) is 15.0. The number of likely N-dealkylation sites (tertiary alicyclic amines) is 1. The summed E-state index contributed by atoms with van der Waals surface area (Å²) >= 11 is 0. The minimum atomic E-state index is -0.795. The highest BCUT2D eigenvalue weighted by Crippen LogP contribution is 2.48. The number of aliphatic hydroxyl groups excluding tert-OH is 2. The van der Waals surface area contributed by atoms with Crippen molar-refractivity contribution < 1.29 is 34.0 Å². The predicted octanol–water partition coefficient (Wildman–Crippen LogP) is 5.45.